The molecule has 0 saturated heterocycles. The van der Waals surface area contributed by atoms with E-state index in [4.69, 9.17) is 19.2 Å². The largest absolute Gasteiger partial charge is 1.00 e. The maximum Gasteiger partial charge on any atom is 1.00 e. The van der Waals surface area contributed by atoms with Crippen LogP contribution < -0.4 is 71.3 Å². The summed E-state index contributed by atoms with van der Waals surface area (Å²) in [5, 5.41) is -3.22. The summed E-state index contributed by atoms with van der Waals surface area (Å²) in [5.41, 5.74) is 0. The molecular weight excluding hydrogens is 269 g/mol. The number of hydrogen-bond donors (Lipinski definition) is 0. The molecule has 0 aromatic carbocycles. The molecule has 13 heteroatoms. The minimum Gasteiger partial charge on any atom is -0.822 e. The Hall–Kier alpha value is 3.00. The van der Waals surface area contributed by atoms with Crippen molar-refractivity contribution in [3.8, 4) is 0 Å². The predicted molar refractivity (Wildman–Crippen MR) is 32.8 cm³/mol. The second-order valence-electron chi connectivity index (χ2n) is 0.846. The van der Waals surface area contributed by atoms with Crippen LogP contribution in [-0.2, 0) is 9.13 Å². The second kappa shape index (κ2) is 13.1. The third-order valence-electron chi connectivity index (χ3n) is 0. The normalized spacial score (nSPS) is 9.08. The van der Waals surface area contributed by atoms with Crippen LogP contribution in [0.2, 0.25) is 0 Å². The van der Waals surface area contributed by atoms with Crippen LogP contribution in [0.4, 0.5) is 0 Å². The Morgan fingerprint density at radius 1 is 0.769 bits per heavy atom. The minimum absolute atomic E-state index is 0. The first-order chi connectivity index (χ1) is 4.00. The molecule has 0 rings (SSSR count). The number of hydrogen-bond acceptors (Lipinski definition) is 5. The van der Waals surface area contributed by atoms with Gasteiger partial charge in [-0.1, -0.05) is 0 Å². The van der Waals surface area contributed by atoms with Crippen LogP contribution in [0.25, 0.3) is 0 Å². The Kier molecular flexibility index (Phi) is 29.9. The van der Waals surface area contributed by atoms with Crippen molar-refractivity contribution in [3.63, 3.8) is 0 Å². The van der Waals surface area contributed by atoms with Crippen LogP contribution in [0, 0.1) is 0 Å². The van der Waals surface area contributed by atoms with Crippen molar-refractivity contribution < 1.29 is 80.4 Å². The van der Waals surface area contributed by atoms with Crippen LogP contribution in [0.5, 0.6) is 0 Å². The summed E-state index contributed by atoms with van der Waals surface area (Å²) in [4.78, 5) is 25.6. The molecule has 0 aromatic rings. The van der Waals surface area contributed by atoms with E-state index < -0.39 is 13.0 Å². The summed E-state index contributed by atoms with van der Waals surface area (Å²) in [6.07, 6.45) is 0. The van der Waals surface area contributed by atoms with Crippen LogP contribution in [-0.4, -0.2) is 0 Å². The van der Waals surface area contributed by atoms with Crippen LogP contribution in [0.15, 0.2) is 0 Å². The van der Waals surface area contributed by atoms with Gasteiger partial charge in [0.1, 0.15) is 0 Å². The number of halogens is 3. The first-order valence-electron chi connectivity index (χ1n) is 1.42. The van der Waals surface area contributed by atoms with Gasteiger partial charge in [-0.2, -0.15) is 7.82 Å². The standard InChI is InChI=1S/Cl3OP.3Li.H3O4P/c1-5(2,3)4;;;;1-5(2,3)4/h;;;;(H3,1,2,3,4)/q;3*+1;/p-3. The molecule has 0 saturated carbocycles. The molecule has 13 heavy (non-hydrogen) atoms. The van der Waals surface area contributed by atoms with Gasteiger partial charge in [0.2, 0.25) is 0 Å². The third kappa shape index (κ3) is 281. The van der Waals surface area contributed by atoms with Gasteiger partial charge in [0.05, 0.1) is 0 Å². The molecule has 0 N–H and O–H groups in total. The molecule has 0 spiro atoms. The van der Waals surface area contributed by atoms with E-state index in [-0.39, 0.29) is 56.6 Å². The van der Waals surface area contributed by atoms with Crippen LogP contribution in [0.3, 0.4) is 0 Å². The van der Waals surface area contributed by atoms with E-state index in [1.165, 1.54) is 0 Å². The Bertz CT molecular complexity index is 137. The quantitative estimate of drug-likeness (QED) is 0.321. The number of rotatable bonds is 0. The fourth-order valence-corrected chi connectivity index (χ4v) is 0. The molecule has 0 amide bonds. The summed E-state index contributed by atoms with van der Waals surface area (Å²) in [6.45, 7) is 0. The van der Waals surface area contributed by atoms with Gasteiger partial charge < -0.3 is 19.2 Å². The zero-order valence-corrected chi connectivity index (χ0v) is 11.1. The molecule has 0 atom stereocenters. The molecule has 0 aromatic heterocycles. The van der Waals surface area contributed by atoms with Gasteiger partial charge in [0.15, 0.2) is 0 Å². The van der Waals surface area contributed by atoms with E-state index in [0.717, 1.165) is 0 Å². The topological polar surface area (TPSA) is 103 Å². The first kappa shape index (κ1) is 29.8. The van der Waals surface area contributed by atoms with E-state index in [0.29, 0.717) is 0 Å². The van der Waals surface area contributed by atoms with E-state index >= 15 is 0 Å². The van der Waals surface area contributed by atoms with Crippen molar-refractivity contribution >= 4 is 46.7 Å². The minimum atomic E-state index is -5.39. The van der Waals surface area contributed by atoms with Crippen molar-refractivity contribution in [2.45, 2.75) is 0 Å². The Balaban J connectivity index is -0.0000000267. The van der Waals surface area contributed by atoms with Gasteiger partial charge in [0, 0.05) is 0 Å². The summed E-state index contributed by atoms with van der Waals surface area (Å²) in [7, 11) is -5.39. The average molecular weight is 269 g/mol. The molecule has 5 nitrogen and oxygen atoms in total. The van der Waals surface area contributed by atoms with Crippen molar-refractivity contribution in [2.24, 2.45) is 0 Å². The summed E-state index contributed by atoms with van der Waals surface area (Å²) < 4.78 is 18.1. The monoisotopic (exact) mass is 268 g/mol. The van der Waals surface area contributed by atoms with Gasteiger partial charge in [0.25, 0.3) is 0 Å². The fourth-order valence-electron chi connectivity index (χ4n) is 0. The molecule has 64 valence electrons. The zero-order valence-electron chi connectivity index (χ0n) is 7.07. The molecule has 0 aliphatic rings. The average Bonchev–Trinajstić information content (AvgIpc) is 1.12. The second-order valence-corrected chi connectivity index (χ2v) is 8.38. The van der Waals surface area contributed by atoms with E-state index in [2.05, 4.69) is 33.7 Å². The smallest absolute Gasteiger partial charge is 0.822 e. The fraction of sp³-hybridized carbons (Fsp3) is 0. The summed E-state index contributed by atoms with van der Waals surface area (Å²) in [6, 6.07) is 0. The van der Waals surface area contributed by atoms with Crippen molar-refractivity contribution in [1.82, 2.24) is 0 Å². The van der Waals surface area contributed by atoms with Crippen molar-refractivity contribution in [3.05, 3.63) is 0 Å². The summed E-state index contributed by atoms with van der Waals surface area (Å²) >= 11 is 13.8. The van der Waals surface area contributed by atoms with Gasteiger partial charge in [-0.15, -0.1) is 0 Å². The maximum absolute atomic E-state index is 9.51. The molecule has 0 fully saturated rings. The van der Waals surface area contributed by atoms with E-state index in [9.17, 15) is 4.57 Å². The van der Waals surface area contributed by atoms with Gasteiger partial charge in [-0.25, -0.2) is 0 Å². The Morgan fingerprint density at radius 3 is 0.769 bits per heavy atom. The Morgan fingerprint density at radius 2 is 0.769 bits per heavy atom. The maximum atomic E-state index is 9.51. The van der Waals surface area contributed by atoms with Gasteiger partial charge >= 0.3 is 61.8 Å². The van der Waals surface area contributed by atoms with Crippen LogP contribution >= 0.6 is 46.7 Å². The third-order valence-corrected chi connectivity index (χ3v) is 0. The molecule has 0 heterocycles. The summed E-state index contributed by atoms with van der Waals surface area (Å²) in [5.74, 6) is 0. The molecule has 0 radical (unpaired) electrons. The van der Waals surface area contributed by atoms with Crippen molar-refractivity contribution in [2.75, 3.05) is 0 Å². The van der Waals surface area contributed by atoms with Gasteiger partial charge in [-0.05, 0) is 33.7 Å². The molecule has 0 bridgehead atoms. The molecular formula is Cl3Li3O5P2. The van der Waals surface area contributed by atoms with Crippen LogP contribution in [0.1, 0.15) is 0 Å². The molecule has 0 aliphatic heterocycles. The SMILES string of the molecule is O=P(Cl)(Cl)Cl.O=P([O-])([O-])[O-].[Li+].[Li+].[Li+]. The Labute approximate surface area is 126 Å². The van der Waals surface area contributed by atoms with E-state index in [1.54, 1.807) is 0 Å². The molecule has 0 unspecified atom stereocenters. The molecule has 0 aliphatic carbocycles. The van der Waals surface area contributed by atoms with E-state index in [1.807, 2.05) is 0 Å². The van der Waals surface area contributed by atoms with Gasteiger partial charge in [-0.3, -0.25) is 4.57 Å². The first-order valence-corrected chi connectivity index (χ1v) is 7.30. The zero-order chi connectivity index (χ0) is 9.00. The van der Waals surface area contributed by atoms with Crippen molar-refractivity contribution in [1.29, 1.82) is 0 Å². The predicted octanol–water partition coefficient (Wildman–Crippen LogP) is -9.00. The number of phosphoric acid groups is 1.